The van der Waals surface area contributed by atoms with Gasteiger partial charge in [0, 0.05) is 0 Å². The molecule has 1 saturated heterocycles. The molecule has 82 valence electrons. The quantitative estimate of drug-likeness (QED) is 0.730. The minimum atomic E-state index is 0.348. The Labute approximate surface area is 94.8 Å². The van der Waals surface area contributed by atoms with Gasteiger partial charge >= 0.3 is 0 Å². The van der Waals surface area contributed by atoms with Gasteiger partial charge in [-0.1, -0.05) is 36.4 Å². The fourth-order valence-electron chi connectivity index (χ4n) is 1.80. The highest BCUT2D eigenvalue weighted by molar-refractivity contribution is 5.82. The van der Waals surface area contributed by atoms with Crippen molar-refractivity contribution < 1.29 is 9.47 Å². The lowest BCUT2D eigenvalue weighted by molar-refractivity contribution is 0.104. The Hall–Kier alpha value is -1.38. The molecule has 1 fully saturated rings. The summed E-state index contributed by atoms with van der Waals surface area (Å²) >= 11 is 0. The predicted octanol–water partition coefficient (Wildman–Crippen LogP) is 2.76. The number of fused-ring (bicyclic) bond motifs is 1. The first-order valence-corrected chi connectivity index (χ1v) is 5.59. The van der Waals surface area contributed by atoms with E-state index in [1.54, 1.807) is 0 Å². The summed E-state index contributed by atoms with van der Waals surface area (Å²) in [4.78, 5) is 0. The SMILES string of the molecule is c1ccc2cc(COC[C@@H]3CO3)ccc2c1. The van der Waals surface area contributed by atoms with E-state index < -0.39 is 0 Å². The van der Waals surface area contributed by atoms with Gasteiger partial charge in [0.05, 0.1) is 19.8 Å². The van der Waals surface area contributed by atoms with Gasteiger partial charge in [0.15, 0.2) is 0 Å². The molecule has 1 atom stereocenters. The molecule has 2 heteroatoms. The minimum Gasteiger partial charge on any atom is -0.374 e. The molecule has 2 nitrogen and oxygen atoms in total. The molecule has 0 aliphatic carbocycles. The van der Waals surface area contributed by atoms with Crippen LogP contribution in [0.3, 0.4) is 0 Å². The molecule has 0 bridgehead atoms. The lowest BCUT2D eigenvalue weighted by Crippen LogP contribution is -2.01. The molecule has 2 aromatic carbocycles. The van der Waals surface area contributed by atoms with Crippen LogP contribution in [0.2, 0.25) is 0 Å². The summed E-state index contributed by atoms with van der Waals surface area (Å²) in [5.41, 5.74) is 1.22. The monoisotopic (exact) mass is 214 g/mol. The molecule has 0 spiro atoms. The molecule has 0 aromatic heterocycles. The van der Waals surface area contributed by atoms with E-state index in [4.69, 9.17) is 9.47 Å². The fraction of sp³-hybridized carbons (Fsp3) is 0.286. The van der Waals surface area contributed by atoms with Crippen LogP contribution in [-0.2, 0) is 16.1 Å². The van der Waals surface area contributed by atoms with Crippen molar-refractivity contribution in [2.24, 2.45) is 0 Å². The molecule has 0 amide bonds. The van der Waals surface area contributed by atoms with Crippen LogP contribution in [0.25, 0.3) is 10.8 Å². The summed E-state index contributed by atoms with van der Waals surface area (Å²) in [6.07, 6.45) is 0.348. The van der Waals surface area contributed by atoms with Crippen molar-refractivity contribution in [1.29, 1.82) is 0 Å². The van der Waals surface area contributed by atoms with Crippen LogP contribution in [0.1, 0.15) is 5.56 Å². The number of hydrogen-bond acceptors (Lipinski definition) is 2. The normalized spacial score (nSPS) is 18.9. The van der Waals surface area contributed by atoms with Crippen LogP contribution >= 0.6 is 0 Å². The van der Waals surface area contributed by atoms with Gasteiger partial charge in [-0.25, -0.2) is 0 Å². The Morgan fingerprint density at radius 2 is 1.94 bits per heavy atom. The van der Waals surface area contributed by atoms with E-state index in [9.17, 15) is 0 Å². The Kier molecular flexibility index (Phi) is 2.60. The maximum Gasteiger partial charge on any atom is 0.104 e. The summed E-state index contributed by atoms with van der Waals surface area (Å²) in [5.74, 6) is 0. The highest BCUT2D eigenvalue weighted by Crippen LogP contribution is 2.17. The topological polar surface area (TPSA) is 21.8 Å². The summed E-state index contributed by atoms with van der Waals surface area (Å²) in [6, 6.07) is 14.8. The van der Waals surface area contributed by atoms with Crippen molar-refractivity contribution in [3.63, 3.8) is 0 Å². The van der Waals surface area contributed by atoms with E-state index in [0.29, 0.717) is 19.3 Å². The summed E-state index contributed by atoms with van der Waals surface area (Å²) in [6.45, 7) is 2.25. The molecular formula is C14H14O2. The Bertz CT molecular complexity index is 489. The second kappa shape index (κ2) is 4.24. The van der Waals surface area contributed by atoms with Crippen molar-refractivity contribution in [3.05, 3.63) is 48.0 Å². The number of rotatable bonds is 4. The van der Waals surface area contributed by atoms with Crippen LogP contribution in [0.15, 0.2) is 42.5 Å². The molecule has 1 heterocycles. The largest absolute Gasteiger partial charge is 0.374 e. The highest BCUT2D eigenvalue weighted by atomic mass is 16.6. The number of ether oxygens (including phenoxy) is 2. The highest BCUT2D eigenvalue weighted by Gasteiger charge is 2.22. The van der Waals surface area contributed by atoms with Crippen molar-refractivity contribution in [1.82, 2.24) is 0 Å². The Balaban J connectivity index is 1.71. The van der Waals surface area contributed by atoms with Crippen LogP contribution in [0.4, 0.5) is 0 Å². The van der Waals surface area contributed by atoms with Gasteiger partial charge in [0.1, 0.15) is 6.10 Å². The zero-order valence-corrected chi connectivity index (χ0v) is 9.06. The zero-order valence-electron chi connectivity index (χ0n) is 9.06. The van der Waals surface area contributed by atoms with Crippen molar-refractivity contribution >= 4 is 10.8 Å². The molecule has 16 heavy (non-hydrogen) atoms. The predicted molar refractivity (Wildman–Crippen MR) is 63.3 cm³/mol. The van der Waals surface area contributed by atoms with E-state index in [2.05, 4.69) is 42.5 Å². The first-order chi connectivity index (χ1) is 7.92. The van der Waals surface area contributed by atoms with E-state index in [1.807, 2.05) is 0 Å². The summed E-state index contributed by atoms with van der Waals surface area (Å²) in [7, 11) is 0. The van der Waals surface area contributed by atoms with Crippen LogP contribution in [0.5, 0.6) is 0 Å². The molecule has 0 unspecified atom stereocenters. The Morgan fingerprint density at radius 1 is 1.12 bits per heavy atom. The molecule has 0 N–H and O–H groups in total. The van der Waals surface area contributed by atoms with Gasteiger partial charge in [-0.2, -0.15) is 0 Å². The lowest BCUT2D eigenvalue weighted by Gasteiger charge is -2.04. The maximum absolute atomic E-state index is 5.57. The average Bonchev–Trinajstić information content (AvgIpc) is 3.13. The van der Waals surface area contributed by atoms with Crippen LogP contribution in [0, 0.1) is 0 Å². The Morgan fingerprint density at radius 3 is 2.75 bits per heavy atom. The molecule has 0 radical (unpaired) electrons. The minimum absolute atomic E-state index is 0.348. The van der Waals surface area contributed by atoms with Gasteiger partial charge in [-0.15, -0.1) is 0 Å². The van der Waals surface area contributed by atoms with E-state index in [1.165, 1.54) is 16.3 Å². The summed E-state index contributed by atoms with van der Waals surface area (Å²) in [5, 5.41) is 2.54. The van der Waals surface area contributed by atoms with E-state index in [-0.39, 0.29) is 0 Å². The first-order valence-electron chi connectivity index (χ1n) is 5.59. The third-order valence-electron chi connectivity index (χ3n) is 2.79. The molecule has 0 saturated carbocycles. The molecule has 1 aliphatic heterocycles. The molecular weight excluding hydrogens is 200 g/mol. The third-order valence-corrected chi connectivity index (χ3v) is 2.79. The van der Waals surface area contributed by atoms with Gasteiger partial charge in [0.2, 0.25) is 0 Å². The van der Waals surface area contributed by atoms with Gasteiger partial charge in [0.25, 0.3) is 0 Å². The standard InChI is InChI=1S/C14H14O2/c1-2-4-13-7-11(5-6-12(13)3-1)8-15-9-14-10-16-14/h1-7,14H,8-10H2/t14-/m1/s1. The third kappa shape index (κ3) is 2.23. The van der Waals surface area contributed by atoms with Gasteiger partial charge in [-0.3, -0.25) is 0 Å². The number of epoxide rings is 1. The molecule has 3 rings (SSSR count). The average molecular weight is 214 g/mol. The molecule has 2 aromatic rings. The summed E-state index contributed by atoms with van der Waals surface area (Å²) < 4.78 is 10.7. The second-order valence-corrected chi connectivity index (χ2v) is 4.15. The van der Waals surface area contributed by atoms with Gasteiger partial charge in [-0.05, 0) is 22.4 Å². The van der Waals surface area contributed by atoms with Crippen LogP contribution in [-0.4, -0.2) is 19.3 Å². The van der Waals surface area contributed by atoms with Crippen molar-refractivity contribution in [2.45, 2.75) is 12.7 Å². The maximum atomic E-state index is 5.57. The van der Waals surface area contributed by atoms with Crippen LogP contribution < -0.4 is 0 Å². The first kappa shape index (κ1) is 9.82. The molecule has 1 aliphatic rings. The van der Waals surface area contributed by atoms with Crippen molar-refractivity contribution in [2.75, 3.05) is 13.2 Å². The smallest absolute Gasteiger partial charge is 0.104 e. The lowest BCUT2D eigenvalue weighted by atomic mass is 10.1. The zero-order chi connectivity index (χ0) is 10.8. The van der Waals surface area contributed by atoms with E-state index >= 15 is 0 Å². The number of benzene rings is 2. The van der Waals surface area contributed by atoms with E-state index in [0.717, 1.165) is 6.61 Å². The number of hydrogen-bond donors (Lipinski definition) is 0. The second-order valence-electron chi connectivity index (χ2n) is 4.15. The van der Waals surface area contributed by atoms with Gasteiger partial charge < -0.3 is 9.47 Å². The van der Waals surface area contributed by atoms with Crippen molar-refractivity contribution in [3.8, 4) is 0 Å². The fourth-order valence-corrected chi connectivity index (χ4v) is 1.80.